The highest BCUT2D eigenvalue weighted by molar-refractivity contribution is 7.14. The van der Waals surface area contributed by atoms with Crippen molar-refractivity contribution in [3.8, 4) is 17.0 Å². The molecule has 0 bridgehead atoms. The normalized spacial score (nSPS) is 10.8. The molecular formula is C32H26ClN5O3S. The second-order valence-corrected chi connectivity index (χ2v) is 10.4. The van der Waals surface area contributed by atoms with Crippen molar-refractivity contribution < 1.29 is 14.3 Å². The fourth-order valence-corrected chi connectivity index (χ4v) is 4.77. The quantitative estimate of drug-likeness (QED) is 0.116. The minimum Gasteiger partial charge on any atom is -0.483 e. The summed E-state index contributed by atoms with van der Waals surface area (Å²) < 4.78 is 5.72. The number of benzene rings is 4. The maximum absolute atomic E-state index is 12.7. The lowest BCUT2D eigenvalue weighted by Gasteiger charge is -2.11. The van der Waals surface area contributed by atoms with Crippen LogP contribution in [0.5, 0.6) is 5.75 Å². The maximum Gasteiger partial charge on any atom is 0.271 e. The van der Waals surface area contributed by atoms with Crippen LogP contribution in [-0.4, -0.2) is 29.6 Å². The van der Waals surface area contributed by atoms with Gasteiger partial charge in [-0.25, -0.2) is 10.4 Å². The molecule has 210 valence electrons. The molecule has 5 rings (SSSR count). The van der Waals surface area contributed by atoms with Crippen molar-refractivity contribution in [3.63, 3.8) is 0 Å². The number of hydrogen-bond donors (Lipinski definition) is 3. The molecule has 0 saturated heterocycles. The van der Waals surface area contributed by atoms with E-state index in [9.17, 15) is 9.59 Å². The van der Waals surface area contributed by atoms with Gasteiger partial charge in [0.25, 0.3) is 11.8 Å². The van der Waals surface area contributed by atoms with Crippen LogP contribution in [0.15, 0.2) is 108 Å². The molecule has 0 fully saturated rings. The summed E-state index contributed by atoms with van der Waals surface area (Å²) in [7, 11) is 0. The highest BCUT2D eigenvalue weighted by atomic mass is 35.5. The highest BCUT2D eigenvalue weighted by Gasteiger charge is 2.10. The number of aryl methyl sites for hydroxylation is 1. The fraction of sp³-hybridized carbons (Fsp3) is 0.0625. The van der Waals surface area contributed by atoms with Crippen molar-refractivity contribution in [3.05, 3.63) is 124 Å². The number of nitrogens with one attached hydrogen (secondary N) is 3. The predicted octanol–water partition coefficient (Wildman–Crippen LogP) is 7.30. The van der Waals surface area contributed by atoms with E-state index in [0.717, 1.165) is 33.3 Å². The number of anilines is 3. The van der Waals surface area contributed by atoms with E-state index in [1.54, 1.807) is 30.3 Å². The first-order chi connectivity index (χ1) is 20.4. The first kappa shape index (κ1) is 28.5. The van der Waals surface area contributed by atoms with Crippen LogP contribution in [0, 0.1) is 6.92 Å². The summed E-state index contributed by atoms with van der Waals surface area (Å²) in [5.74, 6) is -0.176. The van der Waals surface area contributed by atoms with E-state index in [-0.39, 0.29) is 18.4 Å². The Morgan fingerprint density at radius 3 is 2.48 bits per heavy atom. The number of rotatable bonds is 10. The summed E-state index contributed by atoms with van der Waals surface area (Å²) in [5, 5.41) is 13.5. The number of amides is 2. The number of para-hydroxylation sites is 2. The zero-order chi connectivity index (χ0) is 29.3. The number of carbonyl (C=O) groups excluding carboxylic acids is 2. The third kappa shape index (κ3) is 7.60. The van der Waals surface area contributed by atoms with Gasteiger partial charge < -0.3 is 15.4 Å². The fourth-order valence-electron chi connectivity index (χ4n) is 3.90. The Kier molecular flexibility index (Phi) is 9.23. The molecule has 1 heterocycles. The minimum atomic E-state index is -0.364. The van der Waals surface area contributed by atoms with E-state index in [2.05, 4.69) is 26.1 Å². The SMILES string of the molecule is Cc1ccccc1NC(=O)COc1ccccc1/C=N\NC(=O)c1ccc(-c2csc(Nc3ccc(Cl)cc3)n2)cc1. The molecule has 0 saturated carbocycles. The lowest BCUT2D eigenvalue weighted by molar-refractivity contribution is -0.118. The molecule has 5 aromatic rings. The zero-order valence-corrected chi connectivity index (χ0v) is 24.1. The van der Waals surface area contributed by atoms with Gasteiger partial charge >= 0.3 is 0 Å². The third-order valence-electron chi connectivity index (χ3n) is 6.11. The van der Waals surface area contributed by atoms with Gasteiger partial charge in [-0.15, -0.1) is 11.3 Å². The van der Waals surface area contributed by atoms with Gasteiger partial charge in [0.05, 0.1) is 11.9 Å². The molecule has 10 heteroatoms. The Morgan fingerprint density at radius 2 is 1.69 bits per heavy atom. The number of nitrogens with zero attached hydrogens (tertiary/aromatic N) is 2. The monoisotopic (exact) mass is 595 g/mol. The van der Waals surface area contributed by atoms with Gasteiger partial charge in [-0.1, -0.05) is 54.1 Å². The Labute approximate surface area is 252 Å². The van der Waals surface area contributed by atoms with Crippen molar-refractivity contribution in [1.82, 2.24) is 10.4 Å². The van der Waals surface area contributed by atoms with Crippen LogP contribution < -0.4 is 20.8 Å². The van der Waals surface area contributed by atoms with E-state index >= 15 is 0 Å². The number of carbonyl (C=O) groups is 2. The summed E-state index contributed by atoms with van der Waals surface area (Å²) in [6.07, 6.45) is 1.48. The minimum absolute atomic E-state index is 0.171. The average molecular weight is 596 g/mol. The molecule has 0 aliphatic carbocycles. The first-order valence-electron chi connectivity index (χ1n) is 12.9. The summed E-state index contributed by atoms with van der Waals surface area (Å²) in [6, 6.07) is 29.2. The Morgan fingerprint density at radius 1 is 0.952 bits per heavy atom. The third-order valence-corrected chi connectivity index (χ3v) is 7.12. The Bertz CT molecular complexity index is 1720. The number of ether oxygens (including phenoxy) is 1. The van der Waals surface area contributed by atoms with Crippen LogP contribution >= 0.6 is 22.9 Å². The van der Waals surface area contributed by atoms with Crippen LogP contribution in [-0.2, 0) is 4.79 Å². The molecule has 0 atom stereocenters. The van der Waals surface area contributed by atoms with E-state index in [1.807, 2.05) is 79.0 Å². The summed E-state index contributed by atoms with van der Waals surface area (Å²) in [5.41, 5.74) is 7.87. The molecule has 0 aliphatic heterocycles. The molecule has 0 radical (unpaired) electrons. The van der Waals surface area contributed by atoms with Crippen LogP contribution in [0.4, 0.5) is 16.5 Å². The number of halogens is 1. The van der Waals surface area contributed by atoms with Crippen molar-refractivity contribution >= 4 is 57.5 Å². The van der Waals surface area contributed by atoms with Gasteiger partial charge in [0.15, 0.2) is 11.7 Å². The van der Waals surface area contributed by atoms with Crippen molar-refractivity contribution in [1.29, 1.82) is 0 Å². The molecule has 0 aliphatic rings. The highest BCUT2D eigenvalue weighted by Crippen LogP contribution is 2.28. The van der Waals surface area contributed by atoms with Gasteiger partial charge in [-0.3, -0.25) is 9.59 Å². The molecule has 0 spiro atoms. The molecule has 2 amide bonds. The van der Waals surface area contributed by atoms with Gasteiger partial charge in [0.2, 0.25) is 0 Å². The van der Waals surface area contributed by atoms with Crippen molar-refractivity contribution in [2.24, 2.45) is 5.10 Å². The summed E-state index contributed by atoms with van der Waals surface area (Å²) in [6.45, 7) is 1.75. The number of hydrazone groups is 1. The maximum atomic E-state index is 12.7. The van der Waals surface area contributed by atoms with Crippen molar-refractivity contribution in [2.45, 2.75) is 6.92 Å². The molecule has 1 aromatic heterocycles. The molecule has 0 unspecified atom stereocenters. The van der Waals surface area contributed by atoms with Crippen LogP contribution in [0.2, 0.25) is 5.02 Å². The number of thiazole rings is 1. The van der Waals surface area contributed by atoms with Gasteiger partial charge in [0, 0.05) is 38.5 Å². The Hall–Kier alpha value is -4.99. The number of hydrogen-bond acceptors (Lipinski definition) is 7. The lowest BCUT2D eigenvalue weighted by atomic mass is 10.1. The smallest absolute Gasteiger partial charge is 0.271 e. The van der Waals surface area contributed by atoms with Crippen LogP contribution in [0.1, 0.15) is 21.5 Å². The average Bonchev–Trinajstić information content (AvgIpc) is 3.47. The number of aromatic nitrogens is 1. The van der Waals surface area contributed by atoms with Gasteiger partial charge in [-0.05, 0) is 67.1 Å². The topological polar surface area (TPSA) is 105 Å². The van der Waals surface area contributed by atoms with Crippen LogP contribution in [0.25, 0.3) is 11.3 Å². The second-order valence-electron chi connectivity index (χ2n) is 9.14. The first-order valence-corrected chi connectivity index (χ1v) is 14.2. The Balaban J connectivity index is 1.15. The molecule has 4 aromatic carbocycles. The van der Waals surface area contributed by atoms with Gasteiger partial charge in [0.1, 0.15) is 5.75 Å². The van der Waals surface area contributed by atoms with E-state index in [4.69, 9.17) is 16.3 Å². The van der Waals surface area contributed by atoms with E-state index < -0.39 is 0 Å². The van der Waals surface area contributed by atoms with Crippen LogP contribution in [0.3, 0.4) is 0 Å². The lowest BCUT2D eigenvalue weighted by Crippen LogP contribution is -2.21. The zero-order valence-electron chi connectivity index (χ0n) is 22.5. The van der Waals surface area contributed by atoms with Crippen molar-refractivity contribution in [2.75, 3.05) is 17.2 Å². The summed E-state index contributed by atoms with van der Waals surface area (Å²) >= 11 is 7.43. The summed E-state index contributed by atoms with van der Waals surface area (Å²) in [4.78, 5) is 29.7. The second kappa shape index (κ2) is 13.6. The molecule has 8 nitrogen and oxygen atoms in total. The standard InChI is InChI=1S/C32H26ClN5O3S/c1-21-6-2-4-8-27(21)36-30(39)19-41-29-9-5-3-7-24(29)18-34-38-31(40)23-12-10-22(11-13-23)28-20-42-32(37-28)35-26-16-14-25(33)15-17-26/h2-18,20H,19H2,1H3,(H,35,37)(H,36,39)(H,38,40)/b34-18-. The molecular weight excluding hydrogens is 570 g/mol. The molecule has 3 N–H and O–H groups in total. The largest absolute Gasteiger partial charge is 0.483 e. The van der Waals surface area contributed by atoms with E-state index in [0.29, 0.717) is 21.9 Å². The van der Waals surface area contributed by atoms with Gasteiger partial charge in [-0.2, -0.15) is 5.10 Å². The van der Waals surface area contributed by atoms with E-state index in [1.165, 1.54) is 17.6 Å². The molecule has 42 heavy (non-hydrogen) atoms. The predicted molar refractivity (Wildman–Crippen MR) is 169 cm³/mol.